The van der Waals surface area contributed by atoms with Gasteiger partial charge in [0.15, 0.2) is 0 Å². The van der Waals surface area contributed by atoms with Gasteiger partial charge in [-0.25, -0.2) is 4.68 Å². The number of ether oxygens (including phenoxy) is 1. The van der Waals surface area contributed by atoms with Gasteiger partial charge in [-0.2, -0.15) is 5.26 Å². The molecule has 0 radical (unpaired) electrons. The van der Waals surface area contributed by atoms with Crippen LogP contribution in [0.1, 0.15) is 44.8 Å². The van der Waals surface area contributed by atoms with Gasteiger partial charge in [-0.05, 0) is 30.7 Å². The van der Waals surface area contributed by atoms with Crippen LogP contribution < -0.4 is 10.1 Å². The van der Waals surface area contributed by atoms with Gasteiger partial charge in [0.05, 0.1) is 28.6 Å². The molecule has 3 aromatic rings. The Labute approximate surface area is 192 Å². The fourth-order valence-corrected chi connectivity index (χ4v) is 4.01. The number of benzene rings is 2. The summed E-state index contributed by atoms with van der Waals surface area (Å²) in [5, 5.41) is 19.5. The Kier molecular flexibility index (Phi) is 5.10. The van der Waals surface area contributed by atoms with Crippen LogP contribution in [0.3, 0.4) is 0 Å². The van der Waals surface area contributed by atoms with Gasteiger partial charge in [-0.3, -0.25) is 29.4 Å². The Hall–Kier alpha value is -4.85. The molecule has 1 fully saturated rings. The van der Waals surface area contributed by atoms with Gasteiger partial charge in [0.1, 0.15) is 30.2 Å². The third kappa shape index (κ3) is 3.47. The predicted octanol–water partition coefficient (Wildman–Crippen LogP) is 1.12. The zero-order valence-electron chi connectivity index (χ0n) is 17.6. The summed E-state index contributed by atoms with van der Waals surface area (Å²) in [5.41, 5.74) is 1.38. The van der Waals surface area contributed by atoms with E-state index in [0.29, 0.717) is 22.7 Å². The molecular formula is C23H16N6O5. The van der Waals surface area contributed by atoms with Crippen LogP contribution in [0.15, 0.2) is 48.7 Å². The zero-order valence-corrected chi connectivity index (χ0v) is 17.6. The topological polar surface area (TPSA) is 147 Å². The van der Waals surface area contributed by atoms with Crippen molar-refractivity contribution in [2.75, 3.05) is 0 Å². The van der Waals surface area contributed by atoms with Crippen LogP contribution in [0.5, 0.6) is 5.75 Å². The van der Waals surface area contributed by atoms with Gasteiger partial charge < -0.3 is 4.74 Å². The molecule has 0 aliphatic carbocycles. The summed E-state index contributed by atoms with van der Waals surface area (Å²) in [5.74, 6) is -1.95. The van der Waals surface area contributed by atoms with Crippen LogP contribution in [-0.2, 0) is 16.2 Å². The number of nitrogens with zero attached hydrogens (tertiary/aromatic N) is 5. The lowest BCUT2D eigenvalue weighted by molar-refractivity contribution is -0.136. The van der Waals surface area contributed by atoms with Crippen LogP contribution >= 0.6 is 0 Å². The average molecular weight is 456 g/mol. The molecule has 34 heavy (non-hydrogen) atoms. The van der Waals surface area contributed by atoms with Crippen molar-refractivity contribution in [1.29, 1.82) is 5.26 Å². The second kappa shape index (κ2) is 8.25. The monoisotopic (exact) mass is 456 g/mol. The van der Waals surface area contributed by atoms with Crippen molar-refractivity contribution in [3.63, 3.8) is 0 Å². The van der Waals surface area contributed by atoms with Crippen molar-refractivity contribution in [2.24, 2.45) is 0 Å². The molecule has 11 heteroatoms. The van der Waals surface area contributed by atoms with Gasteiger partial charge >= 0.3 is 0 Å². The van der Waals surface area contributed by atoms with E-state index in [0.717, 1.165) is 4.90 Å². The van der Waals surface area contributed by atoms with E-state index in [1.165, 1.54) is 10.7 Å². The summed E-state index contributed by atoms with van der Waals surface area (Å²) in [6.07, 6.45) is 1.66. The second-order valence-electron chi connectivity index (χ2n) is 7.70. The summed E-state index contributed by atoms with van der Waals surface area (Å²) in [6, 6.07) is 12.5. The quantitative estimate of drug-likeness (QED) is 0.562. The van der Waals surface area contributed by atoms with Crippen molar-refractivity contribution >= 4 is 23.6 Å². The molecule has 0 bridgehead atoms. The molecule has 2 aliphatic heterocycles. The highest BCUT2D eigenvalue weighted by Gasteiger charge is 2.45. The number of para-hydroxylation sites is 1. The van der Waals surface area contributed by atoms with Gasteiger partial charge in [-0.15, -0.1) is 5.10 Å². The first-order valence-corrected chi connectivity index (χ1v) is 10.4. The highest BCUT2D eigenvalue weighted by molar-refractivity contribution is 6.24. The van der Waals surface area contributed by atoms with Crippen LogP contribution in [0.25, 0.3) is 5.69 Å². The number of nitriles is 1. The third-order valence-electron chi connectivity index (χ3n) is 5.62. The van der Waals surface area contributed by atoms with E-state index in [1.807, 2.05) is 6.07 Å². The first kappa shape index (κ1) is 21.0. The molecule has 2 aromatic carbocycles. The SMILES string of the molecule is N#Cc1ccccc1OCc1cn(-c2cccc3c2C(=O)N(C2CCC(=O)NC2=O)C3=O)nn1. The number of carbonyl (C=O) groups is 4. The maximum Gasteiger partial charge on any atom is 0.264 e. The maximum absolute atomic E-state index is 13.2. The number of hydrogen-bond acceptors (Lipinski definition) is 8. The molecule has 1 unspecified atom stereocenters. The van der Waals surface area contributed by atoms with Crippen molar-refractivity contribution in [1.82, 2.24) is 25.2 Å². The van der Waals surface area contributed by atoms with Gasteiger partial charge in [0, 0.05) is 6.42 Å². The smallest absolute Gasteiger partial charge is 0.264 e. The lowest BCUT2D eigenvalue weighted by Crippen LogP contribution is -2.54. The van der Waals surface area contributed by atoms with E-state index in [4.69, 9.17) is 4.74 Å². The molecule has 0 spiro atoms. The van der Waals surface area contributed by atoms with Crippen molar-refractivity contribution in [3.05, 3.63) is 71.0 Å². The highest BCUT2D eigenvalue weighted by atomic mass is 16.5. The first-order valence-electron chi connectivity index (χ1n) is 10.4. The summed E-state index contributed by atoms with van der Waals surface area (Å²) >= 11 is 0. The number of nitrogens with one attached hydrogen (secondary N) is 1. The molecule has 3 heterocycles. The Morgan fingerprint density at radius 2 is 1.91 bits per heavy atom. The van der Waals surface area contributed by atoms with E-state index in [-0.39, 0.29) is 30.6 Å². The number of piperidine rings is 1. The normalized spacial score (nSPS) is 17.4. The van der Waals surface area contributed by atoms with E-state index < -0.39 is 29.7 Å². The van der Waals surface area contributed by atoms with Crippen LogP contribution in [0.2, 0.25) is 0 Å². The van der Waals surface area contributed by atoms with Gasteiger partial charge in [-0.1, -0.05) is 23.4 Å². The summed E-state index contributed by atoms with van der Waals surface area (Å²) in [6.45, 7) is 0.0307. The summed E-state index contributed by atoms with van der Waals surface area (Å²) in [7, 11) is 0. The van der Waals surface area contributed by atoms with Crippen molar-refractivity contribution in [2.45, 2.75) is 25.5 Å². The molecule has 168 valence electrons. The van der Waals surface area contributed by atoms with E-state index in [9.17, 15) is 24.4 Å². The Bertz CT molecular complexity index is 1400. The number of fused-ring (bicyclic) bond motifs is 1. The molecule has 0 saturated carbocycles. The summed E-state index contributed by atoms with van der Waals surface area (Å²) in [4.78, 5) is 50.9. The van der Waals surface area contributed by atoms with E-state index >= 15 is 0 Å². The zero-order chi connectivity index (χ0) is 23.8. The number of amides is 4. The molecule has 2 aliphatic rings. The van der Waals surface area contributed by atoms with Crippen molar-refractivity contribution < 1.29 is 23.9 Å². The first-order chi connectivity index (χ1) is 16.5. The molecule has 11 nitrogen and oxygen atoms in total. The van der Waals surface area contributed by atoms with E-state index in [2.05, 4.69) is 15.6 Å². The predicted molar refractivity (Wildman–Crippen MR) is 114 cm³/mol. The Morgan fingerprint density at radius 3 is 2.71 bits per heavy atom. The van der Waals surface area contributed by atoms with E-state index in [1.54, 1.807) is 42.6 Å². The number of hydrogen-bond donors (Lipinski definition) is 1. The Balaban J connectivity index is 1.41. The standard InChI is InChI=1S/C23H16N6O5/c24-10-13-4-1-2-7-18(13)34-12-14-11-28(27-26-14)16-6-3-5-15-20(16)23(33)29(22(15)32)17-8-9-19(30)25-21(17)31/h1-7,11,17H,8-9,12H2,(H,25,30,31). The minimum Gasteiger partial charge on any atom is -0.486 e. The molecule has 5 rings (SSSR count). The minimum atomic E-state index is -1.06. The van der Waals surface area contributed by atoms with Gasteiger partial charge in [0.25, 0.3) is 11.8 Å². The van der Waals surface area contributed by atoms with Crippen LogP contribution in [0, 0.1) is 11.3 Å². The second-order valence-corrected chi connectivity index (χ2v) is 7.70. The molecular weight excluding hydrogens is 440 g/mol. The Morgan fingerprint density at radius 1 is 1.09 bits per heavy atom. The number of aromatic nitrogens is 3. The van der Waals surface area contributed by atoms with Gasteiger partial charge in [0.2, 0.25) is 11.8 Å². The van der Waals surface area contributed by atoms with Crippen molar-refractivity contribution in [3.8, 4) is 17.5 Å². The fraction of sp³-hybridized carbons (Fsp3) is 0.174. The lowest BCUT2D eigenvalue weighted by atomic mass is 10.0. The molecule has 4 amide bonds. The minimum absolute atomic E-state index is 0.0307. The average Bonchev–Trinajstić information content (AvgIpc) is 3.41. The maximum atomic E-state index is 13.2. The lowest BCUT2D eigenvalue weighted by Gasteiger charge is -2.27. The molecule has 1 saturated heterocycles. The van der Waals surface area contributed by atoms with Crippen LogP contribution in [-0.4, -0.2) is 49.6 Å². The molecule has 1 aromatic heterocycles. The number of rotatable bonds is 5. The third-order valence-corrected chi connectivity index (χ3v) is 5.62. The summed E-state index contributed by atoms with van der Waals surface area (Å²) < 4.78 is 7.03. The number of carbonyl (C=O) groups excluding carboxylic acids is 4. The fourth-order valence-electron chi connectivity index (χ4n) is 4.01. The highest BCUT2D eigenvalue weighted by Crippen LogP contribution is 2.31. The molecule has 1 atom stereocenters. The number of imide groups is 2. The molecule has 1 N–H and O–H groups in total. The largest absolute Gasteiger partial charge is 0.486 e. The van der Waals surface area contributed by atoms with Crippen LogP contribution in [0.4, 0.5) is 0 Å².